The maximum atomic E-state index is 9.67. The molecule has 0 aliphatic rings. The number of hydrogen-bond donors (Lipinski definition) is 6. The van der Waals surface area contributed by atoms with Crippen molar-refractivity contribution in [3.05, 3.63) is 0 Å². The van der Waals surface area contributed by atoms with Crippen LogP contribution in [0.25, 0.3) is 0 Å². The first kappa shape index (κ1) is 21.7. The van der Waals surface area contributed by atoms with Crippen LogP contribution in [0.5, 0.6) is 0 Å². The van der Waals surface area contributed by atoms with Crippen LogP contribution >= 0.6 is 0 Å². The predicted octanol–water partition coefficient (Wildman–Crippen LogP) is -0.920. The topological polar surface area (TPSA) is 131 Å². The lowest BCUT2D eigenvalue weighted by molar-refractivity contribution is -0.116. The molecule has 0 aliphatic heterocycles. The zero-order valence-corrected chi connectivity index (χ0v) is 13.3. The van der Waals surface area contributed by atoms with Crippen molar-refractivity contribution in [2.45, 2.75) is 45.0 Å². The quantitative estimate of drug-likeness (QED) is 0.180. The second kappa shape index (κ2) is 13.2. The molecular formula is C15H32O7. The molecule has 0 fully saturated rings. The molecule has 0 spiro atoms. The molecule has 22 heavy (non-hydrogen) atoms. The van der Waals surface area contributed by atoms with E-state index in [1.165, 1.54) is 0 Å². The van der Waals surface area contributed by atoms with Gasteiger partial charge < -0.3 is 35.4 Å². The van der Waals surface area contributed by atoms with E-state index in [0.717, 1.165) is 19.3 Å². The number of ether oxygens (including phenoxy) is 1. The highest BCUT2D eigenvalue weighted by Gasteiger charge is 2.20. The largest absolute Gasteiger partial charge is 0.396 e. The monoisotopic (exact) mass is 324 g/mol. The van der Waals surface area contributed by atoms with Gasteiger partial charge in [0.1, 0.15) is 0 Å². The van der Waals surface area contributed by atoms with Crippen LogP contribution in [-0.2, 0) is 4.74 Å². The highest BCUT2D eigenvalue weighted by atomic mass is 16.5. The van der Waals surface area contributed by atoms with Gasteiger partial charge in [0.15, 0.2) is 6.29 Å². The third-order valence-electron chi connectivity index (χ3n) is 3.89. The average Bonchev–Trinajstić information content (AvgIpc) is 2.50. The van der Waals surface area contributed by atoms with Crippen LogP contribution in [0.15, 0.2) is 0 Å². The molecule has 0 saturated heterocycles. The smallest absolute Gasteiger partial charge is 0.156 e. The van der Waals surface area contributed by atoms with Gasteiger partial charge in [0.2, 0.25) is 0 Å². The van der Waals surface area contributed by atoms with Crippen molar-refractivity contribution in [2.75, 3.05) is 33.0 Å². The molecule has 0 saturated carbocycles. The summed E-state index contributed by atoms with van der Waals surface area (Å²) < 4.78 is 5.27. The van der Waals surface area contributed by atoms with Crippen LogP contribution in [0.1, 0.15) is 32.6 Å². The molecule has 0 radical (unpaired) electrons. The molecule has 0 rings (SSSR count). The molecule has 0 bridgehead atoms. The van der Waals surface area contributed by atoms with Crippen molar-refractivity contribution in [1.82, 2.24) is 0 Å². The first-order chi connectivity index (χ1) is 10.5. The van der Waals surface area contributed by atoms with Gasteiger partial charge in [0, 0.05) is 18.4 Å². The standard InChI is InChI=1S/C15H32O7/c1-11(6-16)4-2-3-5-12(15(20)21)9-22-10-14(19)13(7-17)8-18/h11-21H,2-10H2,1H3. The molecule has 0 aromatic rings. The van der Waals surface area contributed by atoms with Crippen molar-refractivity contribution < 1.29 is 35.4 Å². The van der Waals surface area contributed by atoms with Gasteiger partial charge in [-0.2, -0.15) is 0 Å². The fourth-order valence-electron chi connectivity index (χ4n) is 2.09. The number of rotatable bonds is 14. The normalized spacial score (nSPS) is 16.2. The van der Waals surface area contributed by atoms with Crippen molar-refractivity contribution in [2.24, 2.45) is 17.8 Å². The number of unbranched alkanes of at least 4 members (excludes halogenated alkanes) is 1. The van der Waals surface area contributed by atoms with Crippen LogP contribution in [0.4, 0.5) is 0 Å². The molecule has 7 nitrogen and oxygen atoms in total. The van der Waals surface area contributed by atoms with Gasteiger partial charge >= 0.3 is 0 Å². The second-order valence-electron chi connectivity index (χ2n) is 5.98. The molecule has 6 N–H and O–H groups in total. The molecule has 0 aliphatic carbocycles. The highest BCUT2D eigenvalue weighted by Crippen LogP contribution is 2.16. The lowest BCUT2D eigenvalue weighted by Crippen LogP contribution is -2.33. The van der Waals surface area contributed by atoms with Gasteiger partial charge in [-0.3, -0.25) is 0 Å². The second-order valence-corrected chi connectivity index (χ2v) is 5.98. The number of aliphatic hydroxyl groups excluding tert-OH is 5. The molecule has 0 heterocycles. The van der Waals surface area contributed by atoms with E-state index in [2.05, 4.69) is 0 Å². The minimum atomic E-state index is -1.49. The minimum absolute atomic E-state index is 0.0729. The Kier molecular flexibility index (Phi) is 13.0. The molecule has 7 heteroatoms. The fraction of sp³-hybridized carbons (Fsp3) is 1.00. The summed E-state index contributed by atoms with van der Waals surface area (Å²) in [5, 5.41) is 55.1. The van der Waals surface area contributed by atoms with E-state index in [0.29, 0.717) is 6.42 Å². The van der Waals surface area contributed by atoms with E-state index >= 15 is 0 Å². The van der Waals surface area contributed by atoms with Gasteiger partial charge in [-0.05, 0) is 18.8 Å². The summed E-state index contributed by atoms with van der Waals surface area (Å²) in [4.78, 5) is 0. The van der Waals surface area contributed by atoms with E-state index in [1.54, 1.807) is 0 Å². The first-order valence-corrected chi connectivity index (χ1v) is 7.90. The summed E-state index contributed by atoms with van der Waals surface area (Å²) in [7, 11) is 0. The minimum Gasteiger partial charge on any atom is -0.396 e. The third kappa shape index (κ3) is 9.68. The van der Waals surface area contributed by atoms with E-state index in [9.17, 15) is 15.3 Å². The Hall–Kier alpha value is -0.280. The molecule has 0 amide bonds. The van der Waals surface area contributed by atoms with Gasteiger partial charge in [-0.1, -0.05) is 19.8 Å². The van der Waals surface area contributed by atoms with Gasteiger partial charge in [0.05, 0.1) is 32.5 Å². The fourth-order valence-corrected chi connectivity index (χ4v) is 2.09. The molecule has 0 aromatic carbocycles. The van der Waals surface area contributed by atoms with Crippen LogP contribution in [0.3, 0.4) is 0 Å². The Bertz CT molecular complexity index is 246. The summed E-state index contributed by atoms with van der Waals surface area (Å²) >= 11 is 0. The van der Waals surface area contributed by atoms with Crippen molar-refractivity contribution in [3.8, 4) is 0 Å². The summed E-state index contributed by atoms with van der Waals surface area (Å²) in [6, 6.07) is 0. The average molecular weight is 324 g/mol. The van der Waals surface area contributed by atoms with Crippen molar-refractivity contribution in [3.63, 3.8) is 0 Å². The van der Waals surface area contributed by atoms with E-state index in [4.69, 9.17) is 20.1 Å². The van der Waals surface area contributed by atoms with Crippen LogP contribution in [-0.4, -0.2) is 76.1 Å². The van der Waals surface area contributed by atoms with Crippen LogP contribution in [0.2, 0.25) is 0 Å². The number of hydrogen-bond acceptors (Lipinski definition) is 7. The van der Waals surface area contributed by atoms with Crippen molar-refractivity contribution >= 4 is 0 Å². The maximum Gasteiger partial charge on any atom is 0.156 e. The third-order valence-corrected chi connectivity index (χ3v) is 3.89. The molecular weight excluding hydrogens is 292 g/mol. The maximum absolute atomic E-state index is 9.67. The van der Waals surface area contributed by atoms with Gasteiger partial charge in [-0.25, -0.2) is 0 Å². The Labute approximate surface area is 132 Å². The van der Waals surface area contributed by atoms with Gasteiger partial charge in [-0.15, -0.1) is 0 Å². The first-order valence-electron chi connectivity index (χ1n) is 7.90. The SMILES string of the molecule is CC(CO)CCCCC(COCC(O)C(CO)CO)C(O)O. The van der Waals surface area contributed by atoms with E-state index < -0.39 is 24.2 Å². The molecule has 134 valence electrons. The number of aliphatic hydroxyl groups is 6. The lowest BCUT2D eigenvalue weighted by Gasteiger charge is -2.22. The lowest BCUT2D eigenvalue weighted by atomic mass is 9.98. The van der Waals surface area contributed by atoms with Crippen LogP contribution < -0.4 is 0 Å². The molecule has 3 unspecified atom stereocenters. The molecule has 0 aromatic heterocycles. The predicted molar refractivity (Wildman–Crippen MR) is 80.9 cm³/mol. The van der Waals surface area contributed by atoms with Crippen molar-refractivity contribution in [1.29, 1.82) is 0 Å². The summed E-state index contributed by atoms with van der Waals surface area (Å²) in [6.45, 7) is 1.46. The Morgan fingerprint density at radius 1 is 0.773 bits per heavy atom. The summed E-state index contributed by atoms with van der Waals surface area (Å²) in [5.41, 5.74) is 0. The van der Waals surface area contributed by atoms with Crippen LogP contribution in [0, 0.1) is 17.8 Å². The summed E-state index contributed by atoms with van der Waals surface area (Å²) in [5.74, 6) is -0.853. The Balaban J connectivity index is 3.95. The molecule has 3 atom stereocenters. The zero-order chi connectivity index (χ0) is 17.0. The van der Waals surface area contributed by atoms with Gasteiger partial charge in [0.25, 0.3) is 0 Å². The zero-order valence-electron chi connectivity index (χ0n) is 13.3. The van der Waals surface area contributed by atoms with E-state index in [-0.39, 0.29) is 39.0 Å². The Morgan fingerprint density at radius 2 is 1.36 bits per heavy atom. The van der Waals surface area contributed by atoms with E-state index in [1.807, 2.05) is 6.92 Å². The Morgan fingerprint density at radius 3 is 1.86 bits per heavy atom. The highest BCUT2D eigenvalue weighted by molar-refractivity contribution is 4.67. The summed E-state index contributed by atoms with van der Waals surface area (Å²) in [6.07, 6.45) is 0.684.